The predicted molar refractivity (Wildman–Crippen MR) is 281 cm³/mol. The van der Waals surface area contributed by atoms with Crippen LogP contribution in [0.2, 0.25) is 0 Å². The van der Waals surface area contributed by atoms with Crippen molar-refractivity contribution >= 4 is 93.1 Å². The van der Waals surface area contributed by atoms with Gasteiger partial charge in [0.05, 0.1) is 11.4 Å². The Morgan fingerprint density at radius 2 is 0.754 bits per heavy atom. The van der Waals surface area contributed by atoms with Crippen LogP contribution in [0.3, 0.4) is 0 Å². The number of allylic oxidation sites excluding steroid dienone is 4. The van der Waals surface area contributed by atoms with Gasteiger partial charge >= 0.3 is 0 Å². The van der Waals surface area contributed by atoms with Gasteiger partial charge in [-0.25, -0.2) is 0 Å². The summed E-state index contributed by atoms with van der Waals surface area (Å²) in [5.41, 5.74) is 11.7. The third-order valence-electron chi connectivity index (χ3n) is 13.2. The Hall–Kier alpha value is -8.46. The molecule has 0 saturated heterocycles. The fourth-order valence-electron chi connectivity index (χ4n) is 10.7. The van der Waals surface area contributed by atoms with Crippen molar-refractivity contribution in [2.75, 3.05) is 9.80 Å². The molecule has 2 heteroatoms. The first-order chi connectivity index (χ1) is 32.2. The van der Waals surface area contributed by atoms with E-state index in [1.807, 2.05) is 12.2 Å². The Morgan fingerprint density at radius 3 is 1.20 bits per heavy atom. The van der Waals surface area contributed by atoms with E-state index in [2.05, 4.69) is 248 Å². The lowest BCUT2D eigenvalue weighted by Crippen LogP contribution is -2.15. The highest BCUT2D eigenvalue weighted by Gasteiger charge is 2.29. The Labute approximate surface area is 379 Å². The number of hydrogen-bond donors (Lipinski definition) is 0. The van der Waals surface area contributed by atoms with Crippen molar-refractivity contribution in [1.82, 2.24) is 0 Å². The van der Waals surface area contributed by atoms with Crippen molar-refractivity contribution < 1.29 is 0 Å². The van der Waals surface area contributed by atoms with Gasteiger partial charge < -0.3 is 9.80 Å². The van der Waals surface area contributed by atoms with Crippen LogP contribution in [0, 0.1) is 0 Å². The van der Waals surface area contributed by atoms with Gasteiger partial charge in [-0.05, 0) is 138 Å². The van der Waals surface area contributed by atoms with Crippen LogP contribution in [0.4, 0.5) is 28.4 Å². The smallest absolute Gasteiger partial charge is 0.0540 e. The molecule has 12 aromatic carbocycles. The highest BCUT2D eigenvalue weighted by molar-refractivity contribution is 6.47. The predicted octanol–water partition coefficient (Wildman–Crippen LogP) is 18.1. The lowest BCUT2D eigenvalue weighted by molar-refractivity contribution is 1.21. The number of nitrogens with zero attached hydrogens (tertiary/aromatic N) is 2. The summed E-state index contributed by atoms with van der Waals surface area (Å²) in [7, 11) is 0. The number of para-hydroxylation sites is 3. The summed E-state index contributed by atoms with van der Waals surface area (Å²) >= 11 is 0. The molecule has 0 aliphatic rings. The number of benzene rings is 10. The molecule has 0 saturated carbocycles. The van der Waals surface area contributed by atoms with Crippen molar-refractivity contribution in [3.05, 3.63) is 249 Å². The van der Waals surface area contributed by atoms with Crippen molar-refractivity contribution in [2.24, 2.45) is 0 Å². The van der Waals surface area contributed by atoms with E-state index in [-0.39, 0.29) is 0 Å². The van der Waals surface area contributed by atoms with E-state index in [1.165, 1.54) is 86.9 Å². The van der Waals surface area contributed by atoms with E-state index in [9.17, 15) is 0 Å². The molecule has 12 aromatic rings. The molecular weight excluding hydrogens is 785 g/mol. The first-order valence-electron chi connectivity index (χ1n) is 22.4. The molecule has 0 atom stereocenters. The average molecular weight is 829 g/mol. The van der Waals surface area contributed by atoms with Crippen LogP contribution in [0.15, 0.2) is 249 Å². The zero-order valence-corrected chi connectivity index (χ0v) is 36.1. The summed E-state index contributed by atoms with van der Waals surface area (Å²) in [4.78, 5) is 4.78. The Kier molecular flexibility index (Phi) is 9.24. The molecule has 0 unspecified atom stereocenters. The van der Waals surface area contributed by atoms with Crippen LogP contribution in [0.1, 0.15) is 6.92 Å². The van der Waals surface area contributed by atoms with Crippen LogP contribution in [0.5, 0.6) is 0 Å². The molecule has 0 aliphatic heterocycles. The molecule has 0 heterocycles. The van der Waals surface area contributed by atoms with Crippen LogP contribution in [-0.2, 0) is 0 Å². The van der Waals surface area contributed by atoms with Crippen LogP contribution in [-0.4, -0.2) is 0 Å². The van der Waals surface area contributed by atoms with E-state index in [0.717, 1.165) is 34.1 Å². The third-order valence-corrected chi connectivity index (χ3v) is 13.2. The van der Waals surface area contributed by atoms with Crippen LogP contribution < -0.4 is 9.80 Å². The molecule has 12 rings (SSSR count). The van der Waals surface area contributed by atoms with Gasteiger partial charge in [0.2, 0.25) is 0 Å². The van der Waals surface area contributed by atoms with E-state index in [4.69, 9.17) is 0 Å². The normalized spacial score (nSPS) is 12.2. The summed E-state index contributed by atoms with van der Waals surface area (Å²) in [6.45, 7) is 6.10. The number of hydrogen-bond acceptors (Lipinski definition) is 2. The summed E-state index contributed by atoms with van der Waals surface area (Å²) in [5.74, 6) is 0. The van der Waals surface area contributed by atoms with Crippen molar-refractivity contribution in [3.8, 4) is 22.3 Å². The molecule has 0 amide bonds. The fraction of sp³-hybridized carbons (Fsp3) is 0.0159. The van der Waals surface area contributed by atoms with Gasteiger partial charge in [0, 0.05) is 33.5 Å². The van der Waals surface area contributed by atoms with Gasteiger partial charge in [-0.15, -0.1) is 0 Å². The quantitative estimate of drug-likeness (QED) is 0.127. The van der Waals surface area contributed by atoms with Crippen molar-refractivity contribution in [3.63, 3.8) is 0 Å². The fourth-order valence-corrected chi connectivity index (χ4v) is 10.7. The SMILES string of the molecule is C=CC=CC(=CC)N(c1ccccc1)c1ccc2c3c(-c4ccccc4)c4c5cccc6c(N(c7ccccc7)c7ccccc7)ccc(c4c(-c4ccccc4)c3c3cccc1c23)c65. The first kappa shape index (κ1) is 38.2. The maximum Gasteiger partial charge on any atom is 0.0540 e. The lowest BCUT2D eigenvalue weighted by Gasteiger charge is -2.27. The Bertz CT molecular complexity index is 3620. The first-order valence-corrected chi connectivity index (χ1v) is 22.4. The highest BCUT2D eigenvalue weighted by Crippen LogP contribution is 2.57. The maximum absolute atomic E-state index is 4.00. The molecule has 306 valence electrons. The zero-order valence-electron chi connectivity index (χ0n) is 36.1. The van der Waals surface area contributed by atoms with Gasteiger partial charge in [-0.1, -0.05) is 189 Å². The van der Waals surface area contributed by atoms with Gasteiger partial charge in [-0.3, -0.25) is 0 Å². The average Bonchev–Trinajstić information content (AvgIpc) is 3.89. The standard InChI is InChI=1S/C63H44N2/c1-3-5-27-44(4-2)64(45-28-15-8-16-29-45)54-40-38-52-58-48(54)34-21-36-50(58)60-56(42-23-11-6-12-24-42)63-53-39-41-55(65(46-30-17-9-18-31-46)47-32-19-10-20-33-47)49-35-22-37-51(59(49)53)61(63)57(62(52)60)43-25-13-7-14-26-43/h3-41H,1H2,2H3. The lowest BCUT2D eigenvalue weighted by atomic mass is 9.87. The minimum absolute atomic E-state index is 1.07. The molecule has 0 aliphatic carbocycles. The molecule has 0 spiro atoms. The summed E-state index contributed by atoms with van der Waals surface area (Å²) in [6, 6.07) is 77.7. The molecule has 0 bridgehead atoms. The van der Waals surface area contributed by atoms with Crippen LogP contribution in [0.25, 0.3) is 86.9 Å². The zero-order chi connectivity index (χ0) is 43.4. The Balaban J connectivity index is 1.26. The summed E-state index contributed by atoms with van der Waals surface area (Å²) in [5, 5.41) is 15.2. The number of rotatable bonds is 10. The molecular formula is C63H44N2. The second kappa shape index (κ2) is 15.7. The molecule has 0 radical (unpaired) electrons. The molecule has 65 heavy (non-hydrogen) atoms. The van der Waals surface area contributed by atoms with E-state index >= 15 is 0 Å². The van der Waals surface area contributed by atoms with Gasteiger partial charge in [0.25, 0.3) is 0 Å². The van der Waals surface area contributed by atoms with Crippen molar-refractivity contribution in [1.29, 1.82) is 0 Å². The highest BCUT2D eigenvalue weighted by atomic mass is 15.2. The second-order valence-corrected chi connectivity index (χ2v) is 16.7. The maximum atomic E-state index is 4.00. The summed E-state index contributed by atoms with van der Waals surface area (Å²) in [6.07, 6.45) is 8.18. The topological polar surface area (TPSA) is 6.48 Å². The third kappa shape index (κ3) is 5.95. The molecule has 0 N–H and O–H groups in total. The van der Waals surface area contributed by atoms with Gasteiger partial charge in [-0.2, -0.15) is 0 Å². The van der Waals surface area contributed by atoms with Gasteiger partial charge in [0.15, 0.2) is 0 Å². The van der Waals surface area contributed by atoms with Crippen LogP contribution >= 0.6 is 0 Å². The summed E-state index contributed by atoms with van der Waals surface area (Å²) < 4.78 is 0. The van der Waals surface area contributed by atoms with E-state index in [1.54, 1.807) is 0 Å². The van der Waals surface area contributed by atoms with E-state index < -0.39 is 0 Å². The second-order valence-electron chi connectivity index (χ2n) is 16.7. The van der Waals surface area contributed by atoms with Crippen molar-refractivity contribution in [2.45, 2.75) is 6.92 Å². The largest absolute Gasteiger partial charge is 0.310 e. The minimum atomic E-state index is 1.07. The molecule has 2 nitrogen and oxygen atoms in total. The number of anilines is 5. The molecule has 0 aromatic heterocycles. The van der Waals surface area contributed by atoms with E-state index in [0.29, 0.717) is 0 Å². The minimum Gasteiger partial charge on any atom is -0.310 e. The van der Waals surface area contributed by atoms with Gasteiger partial charge in [0.1, 0.15) is 0 Å². The molecule has 0 fully saturated rings. The Morgan fingerprint density at radius 1 is 0.369 bits per heavy atom. The number of fused-ring (bicyclic) bond motifs is 6. The monoisotopic (exact) mass is 828 g/mol.